The van der Waals surface area contributed by atoms with Crippen LogP contribution >= 0.6 is 0 Å². The van der Waals surface area contributed by atoms with Crippen LogP contribution in [0, 0.1) is 11.8 Å². The van der Waals surface area contributed by atoms with E-state index in [9.17, 15) is 19.5 Å². The van der Waals surface area contributed by atoms with E-state index in [0.29, 0.717) is 25.8 Å². The average molecular weight is 465 g/mol. The molecular weight excluding hydrogens is 432 g/mol. The molecule has 1 unspecified atom stereocenters. The van der Waals surface area contributed by atoms with Crippen molar-refractivity contribution in [3.63, 3.8) is 0 Å². The molecule has 2 aliphatic rings. The number of alkyl carbamates (subject to hydrolysis) is 1. The first kappa shape index (κ1) is 23.8. The largest absolute Gasteiger partial charge is 0.481 e. The summed E-state index contributed by atoms with van der Waals surface area (Å²) in [6.07, 6.45) is 2.85. The fourth-order valence-corrected chi connectivity index (χ4v) is 5.30. The van der Waals surface area contributed by atoms with Gasteiger partial charge in [-0.2, -0.15) is 0 Å². The molecule has 7 heteroatoms. The van der Waals surface area contributed by atoms with Gasteiger partial charge in [0.2, 0.25) is 5.91 Å². The smallest absolute Gasteiger partial charge is 0.407 e. The van der Waals surface area contributed by atoms with Crippen LogP contribution in [-0.2, 0) is 14.3 Å². The SMILES string of the molecule is CCCC(NC(=O)OCC1c2ccccc2-c2ccccc21)C(=O)NC[C@H]1CCC[C@H]1C(=O)O. The van der Waals surface area contributed by atoms with Gasteiger partial charge >= 0.3 is 12.1 Å². The van der Waals surface area contributed by atoms with Gasteiger partial charge in [-0.05, 0) is 47.4 Å². The van der Waals surface area contributed by atoms with Crippen LogP contribution in [0.25, 0.3) is 11.1 Å². The summed E-state index contributed by atoms with van der Waals surface area (Å²) in [5.41, 5.74) is 4.57. The molecule has 0 bridgehead atoms. The second kappa shape index (κ2) is 10.7. The van der Waals surface area contributed by atoms with Crippen LogP contribution in [0.3, 0.4) is 0 Å². The number of aliphatic carboxylic acids is 1. The molecule has 0 radical (unpaired) electrons. The third-order valence-electron chi connectivity index (χ3n) is 7.04. The van der Waals surface area contributed by atoms with E-state index in [1.54, 1.807) is 0 Å². The van der Waals surface area contributed by atoms with E-state index in [0.717, 1.165) is 35.1 Å². The van der Waals surface area contributed by atoms with Crippen molar-refractivity contribution < 1.29 is 24.2 Å². The van der Waals surface area contributed by atoms with Crippen molar-refractivity contribution in [1.29, 1.82) is 0 Å². The van der Waals surface area contributed by atoms with Gasteiger partial charge in [-0.1, -0.05) is 68.3 Å². The molecule has 7 nitrogen and oxygen atoms in total. The number of carbonyl (C=O) groups is 3. The molecule has 0 saturated heterocycles. The fourth-order valence-electron chi connectivity index (χ4n) is 5.30. The van der Waals surface area contributed by atoms with Crippen molar-refractivity contribution in [2.45, 2.75) is 51.0 Å². The Morgan fingerprint density at radius 1 is 1.03 bits per heavy atom. The summed E-state index contributed by atoms with van der Waals surface area (Å²) in [7, 11) is 0. The fraction of sp³-hybridized carbons (Fsp3) is 0.444. The Balaban J connectivity index is 1.33. The van der Waals surface area contributed by atoms with Gasteiger partial charge in [-0.25, -0.2) is 4.79 Å². The summed E-state index contributed by atoms with van der Waals surface area (Å²) in [6, 6.07) is 15.5. The van der Waals surface area contributed by atoms with Gasteiger partial charge < -0.3 is 20.5 Å². The molecule has 34 heavy (non-hydrogen) atoms. The van der Waals surface area contributed by atoms with E-state index in [-0.39, 0.29) is 24.3 Å². The number of carboxylic acid groups (broad SMARTS) is 1. The average Bonchev–Trinajstić information content (AvgIpc) is 3.44. The first-order valence-corrected chi connectivity index (χ1v) is 12.1. The lowest BCUT2D eigenvalue weighted by molar-refractivity contribution is -0.143. The van der Waals surface area contributed by atoms with E-state index in [4.69, 9.17) is 4.74 Å². The molecule has 3 atom stereocenters. The third kappa shape index (κ3) is 5.08. The summed E-state index contributed by atoms with van der Waals surface area (Å²) < 4.78 is 5.59. The highest BCUT2D eigenvalue weighted by Gasteiger charge is 2.34. The van der Waals surface area contributed by atoms with Crippen molar-refractivity contribution in [1.82, 2.24) is 10.6 Å². The van der Waals surface area contributed by atoms with Crippen molar-refractivity contribution in [2.75, 3.05) is 13.2 Å². The summed E-state index contributed by atoms with van der Waals surface area (Å²) >= 11 is 0. The Kier molecular flexibility index (Phi) is 7.50. The van der Waals surface area contributed by atoms with Gasteiger partial charge in [0.25, 0.3) is 0 Å². The minimum atomic E-state index is -0.807. The normalized spacial score (nSPS) is 19.7. The van der Waals surface area contributed by atoms with Crippen LogP contribution in [0.1, 0.15) is 56.1 Å². The number of carboxylic acids is 1. The lowest BCUT2D eigenvalue weighted by Gasteiger charge is -2.21. The molecule has 2 aromatic carbocycles. The van der Waals surface area contributed by atoms with Gasteiger partial charge in [-0.3, -0.25) is 9.59 Å². The number of rotatable bonds is 9. The highest BCUT2D eigenvalue weighted by molar-refractivity contribution is 5.85. The number of amides is 2. The molecule has 2 aromatic rings. The van der Waals surface area contributed by atoms with E-state index < -0.39 is 24.0 Å². The number of nitrogens with one attached hydrogen (secondary N) is 2. The minimum absolute atomic E-state index is 0.0491. The molecule has 4 rings (SSSR count). The lowest BCUT2D eigenvalue weighted by Crippen LogP contribution is -2.48. The van der Waals surface area contributed by atoms with E-state index in [2.05, 4.69) is 34.9 Å². The van der Waals surface area contributed by atoms with Crippen LogP contribution in [0.5, 0.6) is 0 Å². The highest BCUT2D eigenvalue weighted by atomic mass is 16.5. The molecule has 2 amide bonds. The standard InChI is InChI=1S/C27H32N2O5/c1-2-8-24(25(30)28-15-17-9-7-14-18(17)26(31)32)29-27(33)34-16-23-21-12-5-3-10-19(21)20-11-4-6-13-22(20)23/h3-6,10-13,17-18,23-24H,2,7-9,14-16H2,1H3,(H,28,30)(H,29,33)(H,31,32)/t17-,18-,24?/m1/s1. The zero-order chi connectivity index (χ0) is 24.1. The van der Waals surface area contributed by atoms with E-state index >= 15 is 0 Å². The van der Waals surface area contributed by atoms with Crippen molar-refractivity contribution >= 4 is 18.0 Å². The Hall–Kier alpha value is -3.35. The predicted molar refractivity (Wildman–Crippen MR) is 128 cm³/mol. The van der Waals surface area contributed by atoms with Gasteiger partial charge in [0, 0.05) is 12.5 Å². The summed E-state index contributed by atoms with van der Waals surface area (Å²) in [5.74, 6) is -1.64. The Labute approximate surface area is 199 Å². The van der Waals surface area contributed by atoms with Crippen LogP contribution in [-0.4, -0.2) is 42.3 Å². The quantitative estimate of drug-likeness (QED) is 0.513. The molecule has 1 fully saturated rings. The van der Waals surface area contributed by atoms with Crippen molar-refractivity contribution in [3.8, 4) is 11.1 Å². The van der Waals surface area contributed by atoms with Crippen LogP contribution in [0.2, 0.25) is 0 Å². The Morgan fingerprint density at radius 3 is 2.29 bits per heavy atom. The summed E-state index contributed by atoms with van der Waals surface area (Å²) in [4.78, 5) is 36.8. The second-order valence-electron chi connectivity index (χ2n) is 9.19. The number of carbonyl (C=O) groups excluding carboxylic acids is 2. The summed E-state index contributed by atoms with van der Waals surface area (Å²) in [6.45, 7) is 2.43. The Bertz CT molecular complexity index is 1010. The molecular formula is C27H32N2O5. The first-order chi connectivity index (χ1) is 16.5. The lowest BCUT2D eigenvalue weighted by atomic mass is 9.96. The van der Waals surface area contributed by atoms with Gasteiger partial charge in [0.05, 0.1) is 5.92 Å². The van der Waals surface area contributed by atoms with Gasteiger partial charge in [0.1, 0.15) is 12.6 Å². The number of benzene rings is 2. The van der Waals surface area contributed by atoms with Crippen molar-refractivity contribution in [3.05, 3.63) is 59.7 Å². The van der Waals surface area contributed by atoms with Crippen LogP contribution in [0.15, 0.2) is 48.5 Å². The molecule has 0 aliphatic heterocycles. The maximum Gasteiger partial charge on any atom is 0.407 e. The number of hydrogen-bond acceptors (Lipinski definition) is 4. The first-order valence-electron chi connectivity index (χ1n) is 12.1. The molecule has 0 spiro atoms. The summed E-state index contributed by atoms with van der Waals surface area (Å²) in [5, 5.41) is 14.9. The maximum absolute atomic E-state index is 12.8. The molecule has 1 saturated carbocycles. The molecule has 0 heterocycles. The van der Waals surface area contributed by atoms with Crippen LogP contribution < -0.4 is 10.6 Å². The Morgan fingerprint density at radius 2 is 1.68 bits per heavy atom. The van der Waals surface area contributed by atoms with Gasteiger partial charge in [0.15, 0.2) is 0 Å². The second-order valence-corrected chi connectivity index (χ2v) is 9.19. The number of fused-ring (bicyclic) bond motifs is 3. The maximum atomic E-state index is 12.8. The zero-order valence-corrected chi connectivity index (χ0v) is 19.5. The monoisotopic (exact) mass is 464 g/mol. The third-order valence-corrected chi connectivity index (χ3v) is 7.04. The number of hydrogen-bond donors (Lipinski definition) is 3. The predicted octanol–water partition coefficient (Wildman–Crippen LogP) is 4.31. The zero-order valence-electron chi connectivity index (χ0n) is 19.5. The van der Waals surface area contributed by atoms with Crippen LogP contribution in [0.4, 0.5) is 4.79 Å². The highest BCUT2D eigenvalue weighted by Crippen LogP contribution is 2.44. The van der Waals surface area contributed by atoms with Gasteiger partial charge in [-0.15, -0.1) is 0 Å². The molecule has 180 valence electrons. The van der Waals surface area contributed by atoms with E-state index in [1.807, 2.05) is 31.2 Å². The van der Waals surface area contributed by atoms with Crippen molar-refractivity contribution in [2.24, 2.45) is 11.8 Å². The number of ether oxygens (including phenoxy) is 1. The molecule has 3 N–H and O–H groups in total. The molecule has 0 aromatic heterocycles. The topological polar surface area (TPSA) is 105 Å². The molecule has 2 aliphatic carbocycles. The minimum Gasteiger partial charge on any atom is -0.481 e. The van der Waals surface area contributed by atoms with E-state index in [1.165, 1.54) is 0 Å².